The summed E-state index contributed by atoms with van der Waals surface area (Å²) in [4.78, 5) is 26.4. The topological polar surface area (TPSA) is 141 Å². The number of hydrogen-bond acceptors (Lipinski definition) is 10. The molecular formula is C43H46N2O8. The molecule has 0 aromatic heterocycles. The molecule has 1 saturated heterocycles. The van der Waals surface area contributed by atoms with Gasteiger partial charge in [0, 0.05) is 43.2 Å². The lowest BCUT2D eigenvalue weighted by molar-refractivity contribution is 0.0730. The lowest BCUT2D eigenvalue weighted by Crippen LogP contribution is -2.19. The second kappa shape index (κ2) is 17.9. The summed E-state index contributed by atoms with van der Waals surface area (Å²) in [5, 5.41) is 17.6. The van der Waals surface area contributed by atoms with Crippen LogP contribution in [0.3, 0.4) is 0 Å². The minimum Gasteiger partial charge on any atom is -0.502 e. The molecule has 10 heteroatoms. The van der Waals surface area contributed by atoms with Crippen LogP contribution >= 0.6 is 0 Å². The Morgan fingerprint density at radius 3 is 2.30 bits per heavy atom. The van der Waals surface area contributed by atoms with Crippen LogP contribution in [0.15, 0.2) is 79.6 Å². The SMILES string of the molecule is C=COCCCCc1cc(C=N)c(OC(=O)c2ccc(OC(=O)c3ccc4cc(OCCCOCC5CCC6OC6C5)ccc4c3)c(C)c2)c(C=N)c1. The van der Waals surface area contributed by atoms with Crippen LogP contribution in [0.1, 0.15) is 81.5 Å². The van der Waals surface area contributed by atoms with Gasteiger partial charge in [-0.15, -0.1) is 0 Å². The van der Waals surface area contributed by atoms with E-state index in [0.29, 0.717) is 65.9 Å². The van der Waals surface area contributed by atoms with Crippen molar-refractivity contribution < 1.29 is 38.0 Å². The summed E-state index contributed by atoms with van der Waals surface area (Å²) in [6, 6.07) is 19.4. The minimum absolute atomic E-state index is 0.143. The number of fused-ring (bicyclic) bond motifs is 2. The predicted octanol–water partition coefficient (Wildman–Crippen LogP) is 8.42. The Kier molecular flexibility index (Phi) is 12.7. The first-order valence-electron chi connectivity index (χ1n) is 18.2. The maximum Gasteiger partial charge on any atom is 0.343 e. The summed E-state index contributed by atoms with van der Waals surface area (Å²) in [5.41, 5.74) is 2.92. The number of hydrogen-bond donors (Lipinski definition) is 2. The lowest BCUT2D eigenvalue weighted by atomic mass is 9.90. The summed E-state index contributed by atoms with van der Waals surface area (Å²) in [7, 11) is 0. The first-order valence-corrected chi connectivity index (χ1v) is 18.2. The van der Waals surface area contributed by atoms with Gasteiger partial charge in [0.1, 0.15) is 17.2 Å². The predicted molar refractivity (Wildman–Crippen MR) is 203 cm³/mol. The van der Waals surface area contributed by atoms with Gasteiger partial charge in [-0.3, -0.25) is 0 Å². The summed E-state index contributed by atoms with van der Waals surface area (Å²) < 4.78 is 34.1. The van der Waals surface area contributed by atoms with E-state index >= 15 is 0 Å². The van der Waals surface area contributed by atoms with Crippen LogP contribution in [0.25, 0.3) is 10.8 Å². The number of esters is 2. The second-order valence-electron chi connectivity index (χ2n) is 13.5. The monoisotopic (exact) mass is 718 g/mol. The maximum absolute atomic E-state index is 13.2. The Balaban J connectivity index is 1.00. The summed E-state index contributed by atoms with van der Waals surface area (Å²) in [6.07, 6.45) is 11.3. The summed E-state index contributed by atoms with van der Waals surface area (Å²) in [5.74, 6) is 0.638. The van der Waals surface area contributed by atoms with Gasteiger partial charge in [0.15, 0.2) is 0 Å². The number of benzene rings is 4. The molecular weight excluding hydrogens is 672 g/mol. The molecule has 1 aliphatic carbocycles. The molecule has 53 heavy (non-hydrogen) atoms. The van der Waals surface area contributed by atoms with Gasteiger partial charge in [-0.25, -0.2) is 9.59 Å². The van der Waals surface area contributed by atoms with E-state index < -0.39 is 11.9 Å². The van der Waals surface area contributed by atoms with E-state index in [1.165, 1.54) is 18.7 Å². The molecule has 10 nitrogen and oxygen atoms in total. The van der Waals surface area contributed by atoms with Gasteiger partial charge < -0.3 is 39.2 Å². The van der Waals surface area contributed by atoms with E-state index in [1.807, 2.05) is 24.3 Å². The largest absolute Gasteiger partial charge is 0.502 e. The Bertz CT molecular complexity index is 1940. The van der Waals surface area contributed by atoms with Crippen LogP contribution in [0, 0.1) is 23.7 Å². The molecule has 2 fully saturated rings. The average Bonchev–Trinajstić information content (AvgIpc) is 3.96. The minimum atomic E-state index is -0.653. The molecule has 3 atom stereocenters. The molecule has 2 aliphatic rings. The Hall–Kier alpha value is -5.32. The zero-order chi connectivity index (χ0) is 37.2. The van der Waals surface area contributed by atoms with Crippen molar-refractivity contribution in [2.45, 2.75) is 64.1 Å². The first kappa shape index (κ1) is 37.4. The van der Waals surface area contributed by atoms with E-state index in [2.05, 4.69) is 6.58 Å². The number of rotatable bonds is 19. The molecule has 1 aliphatic heterocycles. The quantitative estimate of drug-likeness (QED) is 0.0246. The van der Waals surface area contributed by atoms with Crippen LogP contribution in [0.4, 0.5) is 0 Å². The van der Waals surface area contributed by atoms with E-state index in [-0.39, 0.29) is 11.3 Å². The van der Waals surface area contributed by atoms with Crippen molar-refractivity contribution in [1.29, 1.82) is 10.8 Å². The highest BCUT2D eigenvalue weighted by Gasteiger charge is 2.43. The maximum atomic E-state index is 13.2. The van der Waals surface area contributed by atoms with Crippen molar-refractivity contribution in [3.8, 4) is 17.2 Å². The molecule has 0 spiro atoms. The van der Waals surface area contributed by atoms with Gasteiger partial charge in [0.25, 0.3) is 0 Å². The summed E-state index contributed by atoms with van der Waals surface area (Å²) >= 11 is 0. The molecule has 4 aromatic carbocycles. The molecule has 1 saturated carbocycles. The third-order valence-electron chi connectivity index (χ3n) is 9.64. The van der Waals surface area contributed by atoms with Gasteiger partial charge in [-0.2, -0.15) is 0 Å². The van der Waals surface area contributed by atoms with Gasteiger partial charge in [0.05, 0.1) is 42.8 Å². The lowest BCUT2D eigenvalue weighted by Gasteiger charge is -2.18. The van der Waals surface area contributed by atoms with Crippen molar-refractivity contribution in [2.75, 3.05) is 26.4 Å². The third-order valence-corrected chi connectivity index (χ3v) is 9.64. The molecule has 276 valence electrons. The molecule has 0 bridgehead atoms. The van der Waals surface area contributed by atoms with E-state index in [0.717, 1.165) is 79.6 Å². The van der Waals surface area contributed by atoms with Crippen molar-refractivity contribution in [3.05, 3.63) is 113 Å². The average molecular weight is 719 g/mol. The fraction of sp³-hybridized carbons (Fsp3) is 0.349. The number of nitrogens with one attached hydrogen (secondary N) is 2. The highest BCUT2D eigenvalue weighted by Crippen LogP contribution is 2.39. The number of carbonyl (C=O) groups is 2. The van der Waals surface area contributed by atoms with E-state index in [4.69, 9.17) is 39.2 Å². The molecule has 4 aromatic rings. The van der Waals surface area contributed by atoms with Crippen LogP contribution in [-0.4, -0.2) is 63.0 Å². The zero-order valence-corrected chi connectivity index (χ0v) is 30.1. The van der Waals surface area contributed by atoms with Crippen LogP contribution in [0.2, 0.25) is 0 Å². The molecule has 0 amide bonds. The van der Waals surface area contributed by atoms with Gasteiger partial charge in [-0.05, 0) is 128 Å². The number of aryl methyl sites for hydroxylation is 2. The first-order chi connectivity index (χ1) is 25.8. The Labute approximate surface area is 310 Å². The Morgan fingerprint density at radius 1 is 0.811 bits per heavy atom. The molecule has 6 rings (SSSR count). The smallest absolute Gasteiger partial charge is 0.343 e. The van der Waals surface area contributed by atoms with Gasteiger partial charge in [0.2, 0.25) is 0 Å². The van der Waals surface area contributed by atoms with Crippen molar-refractivity contribution in [1.82, 2.24) is 0 Å². The van der Waals surface area contributed by atoms with Gasteiger partial charge >= 0.3 is 11.9 Å². The van der Waals surface area contributed by atoms with Crippen LogP contribution in [0.5, 0.6) is 17.2 Å². The second-order valence-corrected chi connectivity index (χ2v) is 13.5. The van der Waals surface area contributed by atoms with Crippen LogP contribution < -0.4 is 14.2 Å². The standard InChI is InChI=1S/C43H46N2O8/c1-3-48-16-5-4-7-29-20-35(25-44)41(36(21-29)26-45)53-43(47)33-12-15-38(28(2)19-33)52-42(46)34-10-9-32-24-37(13-11-31(32)23-34)50-18-6-17-49-27-30-8-14-39-40(22-30)51-39/h3,9-13,15,19-21,23-26,30,39-40,44-45H,1,4-8,14,16-18,22,27H2,2H3. The number of carbonyl (C=O) groups excluding carboxylic acids is 2. The Morgan fingerprint density at radius 2 is 1.55 bits per heavy atom. The molecule has 3 unspecified atom stereocenters. The highest BCUT2D eigenvalue weighted by molar-refractivity contribution is 5.98. The van der Waals surface area contributed by atoms with Crippen molar-refractivity contribution >= 4 is 35.1 Å². The normalized spacial score (nSPS) is 17.3. The zero-order valence-electron chi connectivity index (χ0n) is 30.1. The van der Waals surface area contributed by atoms with Crippen LogP contribution in [-0.2, 0) is 20.6 Å². The molecule has 0 radical (unpaired) electrons. The third kappa shape index (κ3) is 9.97. The van der Waals surface area contributed by atoms with Crippen molar-refractivity contribution in [3.63, 3.8) is 0 Å². The highest BCUT2D eigenvalue weighted by atomic mass is 16.6. The van der Waals surface area contributed by atoms with E-state index in [9.17, 15) is 9.59 Å². The molecule has 1 heterocycles. The van der Waals surface area contributed by atoms with Crippen molar-refractivity contribution in [2.24, 2.45) is 5.92 Å². The number of epoxide rings is 1. The summed E-state index contributed by atoms with van der Waals surface area (Å²) in [6.45, 7) is 7.86. The number of unbranched alkanes of at least 4 members (excludes halogenated alkanes) is 1. The number of ether oxygens (including phenoxy) is 6. The molecule has 2 N–H and O–H groups in total. The fourth-order valence-corrected chi connectivity index (χ4v) is 6.69. The van der Waals surface area contributed by atoms with E-state index in [1.54, 1.807) is 43.3 Å². The van der Waals surface area contributed by atoms with Gasteiger partial charge in [-0.1, -0.05) is 18.7 Å². The fourth-order valence-electron chi connectivity index (χ4n) is 6.69.